The van der Waals surface area contributed by atoms with Crippen molar-refractivity contribution in [3.05, 3.63) is 29.6 Å². The third-order valence-corrected chi connectivity index (χ3v) is 4.04. The maximum absolute atomic E-state index is 5.87. The van der Waals surface area contributed by atoms with E-state index in [9.17, 15) is 0 Å². The second kappa shape index (κ2) is 5.68. The van der Waals surface area contributed by atoms with Crippen molar-refractivity contribution in [2.45, 2.75) is 38.5 Å². The SMILES string of the molecule is COc1ccc(-c2nc(N)nc(C3CCCC3)n2)cc1C. The van der Waals surface area contributed by atoms with E-state index in [-0.39, 0.29) is 0 Å². The summed E-state index contributed by atoms with van der Waals surface area (Å²) < 4.78 is 5.29. The Morgan fingerprint density at radius 3 is 2.57 bits per heavy atom. The fourth-order valence-corrected chi connectivity index (χ4v) is 2.92. The molecule has 5 nitrogen and oxygen atoms in total. The van der Waals surface area contributed by atoms with Crippen molar-refractivity contribution < 1.29 is 4.74 Å². The molecule has 0 saturated heterocycles. The molecule has 1 aliphatic rings. The summed E-state index contributed by atoms with van der Waals surface area (Å²) in [7, 11) is 1.67. The molecule has 3 rings (SSSR count). The molecule has 1 aliphatic carbocycles. The highest BCUT2D eigenvalue weighted by atomic mass is 16.5. The maximum atomic E-state index is 5.87. The Morgan fingerprint density at radius 2 is 1.90 bits per heavy atom. The Morgan fingerprint density at radius 1 is 1.14 bits per heavy atom. The molecule has 2 N–H and O–H groups in total. The predicted molar refractivity (Wildman–Crippen MR) is 82.2 cm³/mol. The number of ether oxygens (including phenoxy) is 1. The first-order chi connectivity index (χ1) is 10.2. The molecule has 0 aliphatic heterocycles. The number of benzene rings is 1. The first kappa shape index (κ1) is 13.8. The van der Waals surface area contributed by atoms with Crippen LogP contribution in [-0.4, -0.2) is 22.1 Å². The Balaban J connectivity index is 1.99. The van der Waals surface area contributed by atoms with Gasteiger partial charge in [-0.3, -0.25) is 0 Å². The second-order valence-corrected chi connectivity index (χ2v) is 5.54. The lowest BCUT2D eigenvalue weighted by Crippen LogP contribution is -2.07. The van der Waals surface area contributed by atoms with Gasteiger partial charge in [-0.25, -0.2) is 4.98 Å². The number of hydrogen-bond acceptors (Lipinski definition) is 5. The first-order valence-electron chi connectivity index (χ1n) is 7.34. The molecule has 2 aromatic rings. The number of aryl methyl sites for hydroxylation is 1. The Labute approximate surface area is 124 Å². The van der Waals surface area contributed by atoms with Gasteiger partial charge in [0.1, 0.15) is 11.6 Å². The molecular formula is C16H20N4O. The number of methoxy groups -OCH3 is 1. The third-order valence-electron chi connectivity index (χ3n) is 4.04. The molecule has 5 heteroatoms. The maximum Gasteiger partial charge on any atom is 0.223 e. The van der Waals surface area contributed by atoms with Gasteiger partial charge in [0.2, 0.25) is 5.95 Å². The van der Waals surface area contributed by atoms with E-state index in [0.717, 1.165) is 35.5 Å². The minimum atomic E-state index is 0.301. The quantitative estimate of drug-likeness (QED) is 0.937. The van der Waals surface area contributed by atoms with E-state index in [1.807, 2.05) is 25.1 Å². The highest BCUT2D eigenvalue weighted by Gasteiger charge is 2.21. The highest BCUT2D eigenvalue weighted by Crippen LogP contribution is 2.33. The topological polar surface area (TPSA) is 73.9 Å². The molecular weight excluding hydrogens is 264 g/mol. The molecule has 0 amide bonds. The summed E-state index contributed by atoms with van der Waals surface area (Å²) in [5.41, 5.74) is 7.87. The molecule has 0 atom stereocenters. The van der Waals surface area contributed by atoms with Crippen molar-refractivity contribution in [3.63, 3.8) is 0 Å². The van der Waals surface area contributed by atoms with Crippen LogP contribution >= 0.6 is 0 Å². The van der Waals surface area contributed by atoms with Crippen molar-refractivity contribution in [1.82, 2.24) is 15.0 Å². The van der Waals surface area contributed by atoms with E-state index < -0.39 is 0 Å². The van der Waals surface area contributed by atoms with Gasteiger partial charge in [0.15, 0.2) is 5.82 Å². The number of anilines is 1. The highest BCUT2D eigenvalue weighted by molar-refractivity contribution is 5.59. The number of aromatic nitrogens is 3. The second-order valence-electron chi connectivity index (χ2n) is 5.54. The van der Waals surface area contributed by atoms with Crippen molar-refractivity contribution in [3.8, 4) is 17.1 Å². The van der Waals surface area contributed by atoms with Gasteiger partial charge in [0.25, 0.3) is 0 Å². The summed E-state index contributed by atoms with van der Waals surface area (Å²) in [5, 5.41) is 0. The zero-order chi connectivity index (χ0) is 14.8. The molecule has 0 unspecified atom stereocenters. The van der Waals surface area contributed by atoms with Gasteiger partial charge in [-0.15, -0.1) is 0 Å². The summed E-state index contributed by atoms with van der Waals surface area (Å²) in [4.78, 5) is 13.3. The van der Waals surface area contributed by atoms with Gasteiger partial charge in [0, 0.05) is 11.5 Å². The fourth-order valence-electron chi connectivity index (χ4n) is 2.92. The lowest BCUT2D eigenvalue weighted by molar-refractivity contribution is 0.412. The number of rotatable bonds is 3. The summed E-state index contributed by atoms with van der Waals surface area (Å²) in [5.74, 6) is 3.07. The van der Waals surface area contributed by atoms with Gasteiger partial charge in [-0.05, 0) is 43.5 Å². The predicted octanol–water partition coefficient (Wildman–Crippen LogP) is 3.10. The van der Waals surface area contributed by atoms with Crippen LogP contribution in [-0.2, 0) is 0 Å². The van der Waals surface area contributed by atoms with Crippen LogP contribution < -0.4 is 10.5 Å². The zero-order valence-electron chi connectivity index (χ0n) is 12.5. The summed E-state index contributed by atoms with van der Waals surface area (Å²) >= 11 is 0. The number of nitrogen functional groups attached to an aromatic ring is 1. The van der Waals surface area contributed by atoms with Crippen LogP contribution in [0.1, 0.15) is 43.0 Å². The Bertz CT molecular complexity index is 651. The van der Waals surface area contributed by atoms with Gasteiger partial charge < -0.3 is 10.5 Å². The van der Waals surface area contributed by atoms with E-state index in [4.69, 9.17) is 10.5 Å². The number of nitrogens with zero attached hydrogens (tertiary/aromatic N) is 3. The summed E-state index contributed by atoms with van der Waals surface area (Å²) in [6.45, 7) is 2.00. The molecule has 0 spiro atoms. The molecule has 1 aromatic heterocycles. The van der Waals surface area contributed by atoms with Crippen molar-refractivity contribution >= 4 is 5.95 Å². The summed E-state index contributed by atoms with van der Waals surface area (Å²) in [6.07, 6.45) is 4.77. The van der Waals surface area contributed by atoms with E-state index in [1.165, 1.54) is 12.8 Å². The molecule has 21 heavy (non-hydrogen) atoms. The van der Waals surface area contributed by atoms with Crippen LogP contribution in [0.5, 0.6) is 5.75 Å². The Hall–Kier alpha value is -2.17. The minimum absolute atomic E-state index is 0.301. The smallest absolute Gasteiger partial charge is 0.223 e. The van der Waals surface area contributed by atoms with E-state index in [2.05, 4.69) is 15.0 Å². The van der Waals surface area contributed by atoms with Gasteiger partial charge in [0.05, 0.1) is 7.11 Å². The number of nitrogens with two attached hydrogens (primary N) is 1. The van der Waals surface area contributed by atoms with Crippen molar-refractivity contribution in [2.75, 3.05) is 12.8 Å². The molecule has 0 radical (unpaired) electrons. The van der Waals surface area contributed by atoms with Gasteiger partial charge >= 0.3 is 0 Å². The molecule has 0 bridgehead atoms. The summed E-state index contributed by atoms with van der Waals surface area (Å²) in [6, 6.07) is 5.91. The molecule has 1 saturated carbocycles. The average Bonchev–Trinajstić information content (AvgIpc) is 3.01. The molecule has 110 valence electrons. The average molecular weight is 284 g/mol. The van der Waals surface area contributed by atoms with E-state index >= 15 is 0 Å². The standard InChI is InChI=1S/C16H20N4O/c1-10-9-12(7-8-13(10)21-2)15-18-14(19-16(17)20-15)11-5-3-4-6-11/h7-9,11H,3-6H2,1-2H3,(H2,17,18,19,20). The van der Waals surface area contributed by atoms with Crippen LogP contribution in [0.4, 0.5) is 5.95 Å². The van der Waals surface area contributed by atoms with Gasteiger partial charge in [-0.2, -0.15) is 9.97 Å². The first-order valence-corrected chi connectivity index (χ1v) is 7.34. The monoisotopic (exact) mass is 284 g/mol. The lowest BCUT2D eigenvalue weighted by Gasteiger charge is -2.11. The number of hydrogen-bond donors (Lipinski definition) is 1. The van der Waals surface area contributed by atoms with Crippen LogP contribution in [0.3, 0.4) is 0 Å². The molecule has 1 heterocycles. The van der Waals surface area contributed by atoms with Crippen LogP contribution in [0.15, 0.2) is 18.2 Å². The fraction of sp³-hybridized carbons (Fsp3) is 0.438. The lowest BCUT2D eigenvalue weighted by atomic mass is 10.1. The van der Waals surface area contributed by atoms with Crippen LogP contribution in [0, 0.1) is 6.92 Å². The van der Waals surface area contributed by atoms with Crippen LogP contribution in [0.2, 0.25) is 0 Å². The zero-order valence-corrected chi connectivity index (χ0v) is 12.5. The third kappa shape index (κ3) is 2.82. The minimum Gasteiger partial charge on any atom is -0.496 e. The van der Waals surface area contributed by atoms with E-state index in [0.29, 0.717) is 17.7 Å². The largest absolute Gasteiger partial charge is 0.496 e. The Kier molecular flexibility index (Phi) is 3.73. The van der Waals surface area contributed by atoms with Gasteiger partial charge in [-0.1, -0.05) is 12.8 Å². The molecule has 1 aromatic carbocycles. The van der Waals surface area contributed by atoms with E-state index in [1.54, 1.807) is 7.11 Å². The van der Waals surface area contributed by atoms with Crippen molar-refractivity contribution in [1.29, 1.82) is 0 Å². The van der Waals surface area contributed by atoms with Crippen molar-refractivity contribution in [2.24, 2.45) is 0 Å². The normalized spacial score (nSPS) is 15.3. The van der Waals surface area contributed by atoms with Crippen LogP contribution in [0.25, 0.3) is 11.4 Å². The molecule has 1 fully saturated rings.